The maximum absolute atomic E-state index is 11.5. The minimum atomic E-state index is -1.64. The summed E-state index contributed by atoms with van der Waals surface area (Å²) in [5.41, 5.74) is 0. The molecule has 1 aliphatic carbocycles. The predicted octanol–water partition coefficient (Wildman–Crippen LogP) is 2.06. The van der Waals surface area contributed by atoms with Crippen LogP contribution in [0.5, 0.6) is 0 Å². The largest absolute Gasteiger partial charge is 0.294 e. The number of carbonyl (C=O) groups excluding carboxylic acids is 2. The van der Waals surface area contributed by atoms with Gasteiger partial charge in [-0.05, 0) is 6.08 Å². The zero-order valence-electron chi connectivity index (χ0n) is 6.98. The van der Waals surface area contributed by atoms with E-state index in [1.54, 1.807) is 0 Å². The smallest absolute Gasteiger partial charge is 0.254 e. The second-order valence-electron chi connectivity index (χ2n) is 3.15. The van der Waals surface area contributed by atoms with Crippen LogP contribution in [0.2, 0.25) is 0 Å². The van der Waals surface area contributed by atoms with E-state index in [4.69, 9.17) is 46.4 Å². The molecule has 80 valence electrons. The molecule has 1 saturated heterocycles. The second-order valence-corrected chi connectivity index (χ2v) is 4.91. The molecule has 0 aromatic rings. The summed E-state index contributed by atoms with van der Waals surface area (Å²) in [4.78, 5) is 21.2. The summed E-state index contributed by atoms with van der Waals surface area (Å²) in [5, 5.41) is 2.07. The Morgan fingerprint density at radius 2 is 1.87 bits per heavy atom. The Bertz CT molecular complexity index is 442. The lowest BCUT2D eigenvalue weighted by Gasteiger charge is -2.26. The van der Waals surface area contributed by atoms with Crippen molar-refractivity contribution < 1.29 is 9.59 Å². The molecule has 2 rings (SSSR count). The summed E-state index contributed by atoms with van der Waals surface area (Å²) in [7, 11) is 0. The van der Waals surface area contributed by atoms with Crippen LogP contribution in [-0.2, 0) is 9.59 Å². The minimum absolute atomic E-state index is 0.00515. The van der Waals surface area contributed by atoms with Gasteiger partial charge >= 0.3 is 0 Å². The lowest BCUT2D eigenvalue weighted by Crippen LogP contribution is -2.38. The van der Waals surface area contributed by atoms with Crippen molar-refractivity contribution >= 4 is 58.2 Å². The van der Waals surface area contributed by atoms with Gasteiger partial charge in [-0.3, -0.25) is 14.9 Å². The van der Waals surface area contributed by atoms with Crippen molar-refractivity contribution in [1.82, 2.24) is 5.32 Å². The number of rotatable bonds is 0. The van der Waals surface area contributed by atoms with Gasteiger partial charge < -0.3 is 0 Å². The fourth-order valence-electron chi connectivity index (χ4n) is 1.51. The molecule has 1 N–H and O–H groups in total. The average Bonchev–Trinajstić information content (AvgIpc) is 2.39. The highest BCUT2D eigenvalue weighted by atomic mass is 35.5. The third-order valence-corrected chi connectivity index (χ3v) is 4.39. The normalized spacial score (nSPS) is 35.2. The van der Waals surface area contributed by atoms with E-state index in [9.17, 15) is 9.59 Å². The molecule has 0 aromatic carbocycles. The lowest BCUT2D eigenvalue weighted by molar-refractivity contribution is -0.125. The first-order valence-electron chi connectivity index (χ1n) is 3.86. The van der Waals surface area contributed by atoms with Gasteiger partial charge in [0.05, 0.1) is 21.0 Å². The fourth-order valence-corrected chi connectivity index (χ4v) is 2.65. The molecule has 0 spiro atoms. The van der Waals surface area contributed by atoms with E-state index in [2.05, 4.69) is 5.32 Å². The van der Waals surface area contributed by atoms with E-state index < -0.39 is 22.6 Å². The molecular formula is C8H3Cl4NO2. The Hall–Kier alpha value is -0.220. The number of alkyl halides is 1. The molecule has 2 amide bonds. The topological polar surface area (TPSA) is 46.2 Å². The number of imide groups is 1. The molecule has 7 heteroatoms. The van der Waals surface area contributed by atoms with Crippen molar-refractivity contribution in [2.75, 3.05) is 0 Å². The average molecular weight is 287 g/mol. The molecule has 1 aliphatic heterocycles. The summed E-state index contributed by atoms with van der Waals surface area (Å²) in [5.74, 6) is -2.12. The maximum atomic E-state index is 11.5. The number of nitrogens with one attached hydrogen (secondary N) is 1. The van der Waals surface area contributed by atoms with Crippen molar-refractivity contribution in [3.05, 3.63) is 21.2 Å². The van der Waals surface area contributed by atoms with Gasteiger partial charge in [0.2, 0.25) is 5.91 Å². The van der Waals surface area contributed by atoms with Gasteiger partial charge in [0.25, 0.3) is 5.91 Å². The minimum Gasteiger partial charge on any atom is -0.294 e. The van der Waals surface area contributed by atoms with Gasteiger partial charge in [-0.15, -0.1) is 11.6 Å². The highest BCUT2D eigenvalue weighted by Gasteiger charge is 2.58. The molecule has 1 heterocycles. The van der Waals surface area contributed by atoms with Gasteiger partial charge in [-0.2, -0.15) is 0 Å². The van der Waals surface area contributed by atoms with Crippen LogP contribution in [0.25, 0.3) is 0 Å². The van der Waals surface area contributed by atoms with E-state index in [0.29, 0.717) is 0 Å². The Morgan fingerprint density at radius 1 is 1.27 bits per heavy atom. The first-order valence-corrected chi connectivity index (χ1v) is 5.38. The number of halogens is 4. The van der Waals surface area contributed by atoms with E-state index in [1.165, 1.54) is 6.08 Å². The molecule has 15 heavy (non-hydrogen) atoms. The molecular weight excluding hydrogens is 284 g/mol. The van der Waals surface area contributed by atoms with Gasteiger partial charge in [0, 0.05) is 0 Å². The summed E-state index contributed by atoms with van der Waals surface area (Å²) in [6.45, 7) is 0. The third kappa shape index (κ3) is 1.34. The quantitative estimate of drug-likeness (QED) is 0.547. The second kappa shape index (κ2) is 3.39. The molecule has 0 saturated carbocycles. The maximum Gasteiger partial charge on any atom is 0.254 e. The van der Waals surface area contributed by atoms with Gasteiger partial charge in [0.15, 0.2) is 4.87 Å². The highest BCUT2D eigenvalue weighted by molar-refractivity contribution is 6.56. The zero-order valence-corrected chi connectivity index (χ0v) is 10.0. The van der Waals surface area contributed by atoms with Crippen LogP contribution in [0, 0.1) is 5.92 Å². The van der Waals surface area contributed by atoms with Gasteiger partial charge in [-0.25, -0.2) is 0 Å². The number of amides is 2. The molecule has 0 aromatic heterocycles. The van der Waals surface area contributed by atoms with E-state index in [1.807, 2.05) is 0 Å². The van der Waals surface area contributed by atoms with E-state index in [-0.39, 0.29) is 15.1 Å². The van der Waals surface area contributed by atoms with Crippen molar-refractivity contribution in [1.29, 1.82) is 0 Å². The Morgan fingerprint density at radius 3 is 2.47 bits per heavy atom. The van der Waals surface area contributed by atoms with Crippen LogP contribution < -0.4 is 5.32 Å². The molecule has 3 nitrogen and oxygen atoms in total. The fraction of sp³-hybridized carbons (Fsp3) is 0.250. The number of allylic oxidation sites excluding steroid dienone is 2. The van der Waals surface area contributed by atoms with Crippen LogP contribution in [-0.4, -0.2) is 16.7 Å². The molecule has 2 atom stereocenters. The first kappa shape index (κ1) is 11.3. The summed E-state index contributed by atoms with van der Waals surface area (Å²) < 4.78 is 0. The van der Waals surface area contributed by atoms with Crippen molar-refractivity contribution in [2.24, 2.45) is 5.92 Å². The van der Waals surface area contributed by atoms with Crippen LogP contribution in [0.1, 0.15) is 0 Å². The molecule has 0 radical (unpaired) electrons. The standard InChI is InChI=1S/C8H3Cl4NO2/c9-3-1-2-6(14)13-7(15)8(2,12)5(11)4(3)10/h1-2H,(H,13,14,15). The van der Waals surface area contributed by atoms with Crippen LogP contribution in [0.4, 0.5) is 0 Å². The van der Waals surface area contributed by atoms with Crippen molar-refractivity contribution in [3.8, 4) is 0 Å². The molecule has 0 bridgehead atoms. The summed E-state index contributed by atoms with van der Waals surface area (Å²) >= 11 is 23.4. The number of fused-ring (bicyclic) bond motifs is 1. The van der Waals surface area contributed by atoms with Crippen molar-refractivity contribution in [3.63, 3.8) is 0 Å². The Kier molecular flexibility index (Phi) is 2.54. The van der Waals surface area contributed by atoms with E-state index in [0.717, 1.165) is 0 Å². The summed E-state index contributed by atoms with van der Waals surface area (Å²) in [6.07, 6.45) is 1.32. The molecule has 2 unspecified atom stereocenters. The SMILES string of the molecule is O=C1NC(=O)C2(Cl)C(Cl)=C(Cl)C(Cl)=CC12. The van der Waals surface area contributed by atoms with Crippen LogP contribution in [0.3, 0.4) is 0 Å². The third-order valence-electron chi connectivity index (χ3n) is 2.31. The number of hydrogen-bond donors (Lipinski definition) is 1. The number of hydrogen-bond acceptors (Lipinski definition) is 2. The Labute approximate surface area is 105 Å². The van der Waals surface area contributed by atoms with Gasteiger partial charge in [0.1, 0.15) is 0 Å². The molecule has 1 fully saturated rings. The van der Waals surface area contributed by atoms with Gasteiger partial charge in [-0.1, -0.05) is 34.8 Å². The zero-order chi connectivity index (χ0) is 11.4. The summed E-state index contributed by atoms with van der Waals surface area (Å²) in [6, 6.07) is 0. The van der Waals surface area contributed by atoms with Crippen LogP contribution >= 0.6 is 46.4 Å². The molecule has 2 aliphatic rings. The lowest BCUT2D eigenvalue weighted by atomic mass is 9.89. The van der Waals surface area contributed by atoms with E-state index >= 15 is 0 Å². The number of carbonyl (C=O) groups is 2. The Balaban J connectivity index is 2.64. The van der Waals surface area contributed by atoms with Crippen molar-refractivity contribution in [2.45, 2.75) is 4.87 Å². The van der Waals surface area contributed by atoms with Crippen LogP contribution in [0.15, 0.2) is 21.2 Å². The first-order chi connectivity index (χ1) is 6.89. The predicted molar refractivity (Wildman–Crippen MR) is 57.9 cm³/mol. The highest BCUT2D eigenvalue weighted by Crippen LogP contribution is 2.48. The monoisotopic (exact) mass is 285 g/mol.